The maximum atomic E-state index is 6.40. The Kier molecular flexibility index (Phi) is 7.12. The first-order valence-corrected chi connectivity index (χ1v) is 14.8. The number of nitrogens with two attached hydrogens (primary N) is 1. The standard InChI is InChI=1S/C31H36N8O3/c1-3-19-16-24-28(25(17-19)40-2)42-31(36-24)35-21-6-4-20(5-7-21)27-26-29(32)33-18-34-30(26)39(37-27)23-10-8-22(9-11-23)38-12-14-41-15-13-38/h4-7,16-18,22-23H,3,8-15H2,1-2H3,(H,35,36)(H2,32,33,34). The summed E-state index contributed by atoms with van der Waals surface area (Å²) in [6.45, 7) is 5.82. The number of hydrogen-bond acceptors (Lipinski definition) is 10. The van der Waals surface area contributed by atoms with Gasteiger partial charge >= 0.3 is 0 Å². The lowest BCUT2D eigenvalue weighted by molar-refractivity contribution is 0.00520. The minimum Gasteiger partial charge on any atom is -0.493 e. The van der Waals surface area contributed by atoms with Crippen LogP contribution in [0.4, 0.5) is 17.5 Å². The van der Waals surface area contributed by atoms with E-state index in [0.29, 0.717) is 29.2 Å². The van der Waals surface area contributed by atoms with E-state index < -0.39 is 0 Å². The van der Waals surface area contributed by atoms with E-state index in [1.54, 1.807) is 7.11 Å². The van der Waals surface area contributed by atoms with E-state index >= 15 is 0 Å². The molecular formula is C31H36N8O3. The lowest BCUT2D eigenvalue weighted by Crippen LogP contribution is -2.45. The monoisotopic (exact) mass is 568 g/mol. The highest BCUT2D eigenvalue weighted by Gasteiger charge is 2.30. The van der Waals surface area contributed by atoms with Crippen molar-refractivity contribution in [2.75, 3.05) is 44.5 Å². The van der Waals surface area contributed by atoms with E-state index in [2.05, 4.69) is 36.8 Å². The maximum absolute atomic E-state index is 6.40. The summed E-state index contributed by atoms with van der Waals surface area (Å²) >= 11 is 0. The van der Waals surface area contributed by atoms with Gasteiger partial charge in [-0.25, -0.2) is 14.6 Å². The van der Waals surface area contributed by atoms with Crippen molar-refractivity contribution in [3.8, 4) is 17.0 Å². The molecule has 1 saturated carbocycles. The summed E-state index contributed by atoms with van der Waals surface area (Å²) in [7, 11) is 1.64. The van der Waals surface area contributed by atoms with Crippen molar-refractivity contribution in [2.45, 2.75) is 51.1 Å². The molecule has 5 aromatic rings. The van der Waals surface area contributed by atoms with Gasteiger partial charge in [0.1, 0.15) is 23.4 Å². The average Bonchev–Trinajstić information content (AvgIpc) is 3.63. The first-order chi connectivity index (χ1) is 20.6. The summed E-state index contributed by atoms with van der Waals surface area (Å²) in [6, 6.07) is 13.3. The number of morpholine rings is 1. The molecule has 3 aromatic heterocycles. The summed E-state index contributed by atoms with van der Waals surface area (Å²) < 4.78 is 19.2. The molecule has 0 bridgehead atoms. The molecule has 0 atom stereocenters. The Hall–Kier alpha value is -4.22. The summed E-state index contributed by atoms with van der Waals surface area (Å²) in [4.78, 5) is 16.1. The van der Waals surface area contributed by atoms with Gasteiger partial charge in [-0.05, 0) is 61.9 Å². The van der Waals surface area contributed by atoms with Gasteiger partial charge in [0.15, 0.2) is 17.0 Å². The van der Waals surface area contributed by atoms with Crippen molar-refractivity contribution < 1.29 is 13.9 Å². The highest BCUT2D eigenvalue weighted by Crippen LogP contribution is 2.38. The Morgan fingerprint density at radius 3 is 2.52 bits per heavy atom. The van der Waals surface area contributed by atoms with Crippen molar-refractivity contribution in [3.05, 3.63) is 48.3 Å². The summed E-state index contributed by atoms with van der Waals surface area (Å²) in [5.41, 5.74) is 12.3. The number of aromatic nitrogens is 5. The Morgan fingerprint density at radius 1 is 1.02 bits per heavy atom. The third-order valence-electron chi connectivity index (χ3n) is 8.65. The van der Waals surface area contributed by atoms with Crippen LogP contribution >= 0.6 is 0 Å². The average molecular weight is 569 g/mol. The number of nitrogens with one attached hydrogen (secondary N) is 1. The fourth-order valence-corrected chi connectivity index (χ4v) is 6.36. The lowest BCUT2D eigenvalue weighted by atomic mass is 9.90. The molecule has 2 fully saturated rings. The third kappa shape index (κ3) is 4.92. The van der Waals surface area contributed by atoms with E-state index in [-0.39, 0.29) is 6.04 Å². The number of aryl methyl sites for hydroxylation is 1. The van der Waals surface area contributed by atoms with Crippen LogP contribution in [0, 0.1) is 0 Å². The molecule has 11 heteroatoms. The van der Waals surface area contributed by atoms with Gasteiger partial charge in [-0.2, -0.15) is 10.1 Å². The molecule has 2 aromatic carbocycles. The van der Waals surface area contributed by atoms with Gasteiger partial charge in [0.25, 0.3) is 6.01 Å². The van der Waals surface area contributed by atoms with Crippen LogP contribution in [-0.2, 0) is 11.2 Å². The quantitative estimate of drug-likeness (QED) is 0.265. The zero-order chi connectivity index (χ0) is 28.6. The largest absolute Gasteiger partial charge is 0.493 e. The first-order valence-electron chi connectivity index (χ1n) is 14.8. The maximum Gasteiger partial charge on any atom is 0.300 e. The van der Waals surface area contributed by atoms with E-state index in [4.69, 9.17) is 24.7 Å². The zero-order valence-corrected chi connectivity index (χ0v) is 24.0. The van der Waals surface area contributed by atoms with Crippen LogP contribution < -0.4 is 15.8 Å². The van der Waals surface area contributed by atoms with Crippen LogP contribution in [-0.4, -0.2) is 69.1 Å². The van der Waals surface area contributed by atoms with Crippen LogP contribution in [0.25, 0.3) is 33.4 Å². The number of hydrogen-bond donors (Lipinski definition) is 2. The second kappa shape index (κ2) is 11.2. The van der Waals surface area contributed by atoms with Gasteiger partial charge in [-0.3, -0.25) is 4.90 Å². The normalized spacial score (nSPS) is 19.9. The Balaban J connectivity index is 1.13. The SMILES string of the molecule is CCc1cc(OC)c2oc(Nc3ccc(-c4nn(C5CCC(N6CCOCC6)CC5)c5ncnc(N)c45)cc3)nc2c1. The molecule has 1 aliphatic carbocycles. The van der Waals surface area contributed by atoms with Gasteiger partial charge in [0.05, 0.1) is 31.8 Å². The van der Waals surface area contributed by atoms with Crippen molar-refractivity contribution in [3.63, 3.8) is 0 Å². The smallest absolute Gasteiger partial charge is 0.300 e. The van der Waals surface area contributed by atoms with Crippen LogP contribution in [0.2, 0.25) is 0 Å². The second-order valence-corrected chi connectivity index (χ2v) is 11.1. The number of rotatable bonds is 7. The minimum absolute atomic E-state index is 0.276. The number of benzene rings is 2. The predicted molar refractivity (Wildman–Crippen MR) is 162 cm³/mol. The molecule has 42 heavy (non-hydrogen) atoms. The first kappa shape index (κ1) is 26.7. The molecule has 218 valence electrons. The molecule has 0 unspecified atom stereocenters. The third-order valence-corrected chi connectivity index (χ3v) is 8.65. The van der Waals surface area contributed by atoms with E-state index in [0.717, 1.165) is 97.5 Å². The van der Waals surface area contributed by atoms with Crippen molar-refractivity contribution >= 4 is 39.7 Å². The van der Waals surface area contributed by atoms with Gasteiger partial charge < -0.3 is 24.9 Å². The van der Waals surface area contributed by atoms with Crippen LogP contribution in [0.1, 0.15) is 44.2 Å². The molecule has 2 aliphatic rings. The van der Waals surface area contributed by atoms with Crippen LogP contribution in [0.3, 0.4) is 0 Å². The van der Waals surface area contributed by atoms with Gasteiger partial charge in [-0.1, -0.05) is 19.1 Å². The zero-order valence-electron chi connectivity index (χ0n) is 24.0. The minimum atomic E-state index is 0.276. The van der Waals surface area contributed by atoms with Crippen LogP contribution in [0.15, 0.2) is 47.1 Å². The summed E-state index contributed by atoms with van der Waals surface area (Å²) in [5.74, 6) is 1.12. The number of nitrogens with zero attached hydrogens (tertiary/aromatic N) is 6. The topological polar surface area (TPSA) is 129 Å². The molecule has 7 rings (SSSR count). The highest BCUT2D eigenvalue weighted by atomic mass is 16.5. The Labute approximate surface area is 244 Å². The number of ether oxygens (including phenoxy) is 2. The molecule has 1 aliphatic heterocycles. The number of oxazole rings is 1. The number of anilines is 3. The number of nitrogen functional groups attached to an aromatic ring is 1. The van der Waals surface area contributed by atoms with Crippen molar-refractivity contribution in [1.82, 2.24) is 29.6 Å². The molecule has 1 saturated heterocycles. The molecule has 4 heterocycles. The fourth-order valence-electron chi connectivity index (χ4n) is 6.36. The molecule has 0 spiro atoms. The molecular weight excluding hydrogens is 532 g/mol. The van der Waals surface area contributed by atoms with E-state index in [9.17, 15) is 0 Å². The van der Waals surface area contributed by atoms with Gasteiger partial charge in [0.2, 0.25) is 0 Å². The van der Waals surface area contributed by atoms with Crippen molar-refractivity contribution in [1.29, 1.82) is 0 Å². The summed E-state index contributed by atoms with van der Waals surface area (Å²) in [5, 5.41) is 9.17. The Morgan fingerprint density at radius 2 is 1.79 bits per heavy atom. The molecule has 0 amide bonds. The van der Waals surface area contributed by atoms with E-state index in [1.807, 2.05) is 36.4 Å². The molecule has 11 nitrogen and oxygen atoms in total. The van der Waals surface area contributed by atoms with Gasteiger partial charge in [0, 0.05) is 30.4 Å². The molecule has 3 N–H and O–H groups in total. The number of fused-ring (bicyclic) bond motifs is 2. The highest BCUT2D eigenvalue weighted by molar-refractivity contribution is 5.98. The van der Waals surface area contributed by atoms with Gasteiger partial charge in [-0.15, -0.1) is 0 Å². The van der Waals surface area contributed by atoms with Crippen molar-refractivity contribution in [2.24, 2.45) is 0 Å². The fraction of sp³-hybridized carbons (Fsp3) is 0.419. The van der Waals surface area contributed by atoms with Crippen LogP contribution in [0.5, 0.6) is 5.75 Å². The predicted octanol–water partition coefficient (Wildman–Crippen LogP) is 5.35. The lowest BCUT2D eigenvalue weighted by Gasteiger charge is -2.38. The Bertz CT molecular complexity index is 1700. The summed E-state index contributed by atoms with van der Waals surface area (Å²) in [6.07, 6.45) is 6.82. The second-order valence-electron chi connectivity index (χ2n) is 11.1. The number of methoxy groups -OCH3 is 1. The molecule has 0 radical (unpaired) electrons. The van der Waals surface area contributed by atoms with E-state index in [1.165, 1.54) is 6.33 Å².